The summed E-state index contributed by atoms with van der Waals surface area (Å²) >= 11 is 0. The highest BCUT2D eigenvalue weighted by atomic mass is 16.3. The number of aromatic amines is 1. The van der Waals surface area contributed by atoms with Crippen LogP contribution in [0.25, 0.3) is 0 Å². The summed E-state index contributed by atoms with van der Waals surface area (Å²) in [4.78, 5) is 11.6. The van der Waals surface area contributed by atoms with Crippen molar-refractivity contribution in [2.45, 2.75) is 39.7 Å². The average molecular weight is 225 g/mol. The zero-order valence-electron chi connectivity index (χ0n) is 10.2. The van der Waals surface area contributed by atoms with E-state index in [0.717, 1.165) is 17.0 Å². The lowest BCUT2D eigenvalue weighted by atomic mass is 10.1. The van der Waals surface area contributed by atoms with Crippen molar-refractivity contribution in [2.24, 2.45) is 0 Å². The number of hydrogen-bond donors (Lipinski definition) is 3. The topological polar surface area (TPSA) is 78.0 Å². The predicted molar refractivity (Wildman–Crippen MR) is 61.1 cm³/mol. The quantitative estimate of drug-likeness (QED) is 0.696. The summed E-state index contributed by atoms with van der Waals surface area (Å²) in [5, 5.41) is 19.0. The van der Waals surface area contributed by atoms with Gasteiger partial charge in [-0.05, 0) is 27.7 Å². The molecule has 1 rings (SSSR count). The van der Waals surface area contributed by atoms with Crippen LogP contribution >= 0.6 is 0 Å². The minimum absolute atomic E-state index is 0.102. The molecule has 5 nitrogen and oxygen atoms in total. The third-order valence-corrected chi connectivity index (χ3v) is 2.34. The monoisotopic (exact) mass is 225 g/mol. The molecule has 3 N–H and O–H groups in total. The number of hydrogen-bond acceptors (Lipinski definition) is 3. The van der Waals surface area contributed by atoms with Crippen LogP contribution in [0.15, 0.2) is 0 Å². The number of H-pyrrole nitrogens is 1. The van der Waals surface area contributed by atoms with Gasteiger partial charge in [-0.25, -0.2) is 0 Å². The molecule has 0 aliphatic carbocycles. The van der Waals surface area contributed by atoms with Gasteiger partial charge in [0.05, 0.1) is 17.7 Å². The number of nitrogens with zero attached hydrogens (tertiary/aromatic N) is 1. The van der Waals surface area contributed by atoms with Crippen molar-refractivity contribution in [3.05, 3.63) is 17.0 Å². The Kier molecular flexibility index (Phi) is 3.70. The molecule has 0 atom stereocenters. The molecule has 1 amide bonds. The Hall–Kier alpha value is -1.36. The molecule has 90 valence electrons. The van der Waals surface area contributed by atoms with Crippen molar-refractivity contribution in [3.63, 3.8) is 0 Å². The smallest absolute Gasteiger partial charge is 0.224 e. The van der Waals surface area contributed by atoms with Crippen LogP contribution in [0.3, 0.4) is 0 Å². The van der Waals surface area contributed by atoms with Gasteiger partial charge >= 0.3 is 0 Å². The summed E-state index contributed by atoms with van der Waals surface area (Å²) < 4.78 is 0. The maximum atomic E-state index is 11.6. The zero-order valence-corrected chi connectivity index (χ0v) is 10.2. The summed E-state index contributed by atoms with van der Waals surface area (Å²) in [5.41, 5.74) is 1.80. The van der Waals surface area contributed by atoms with E-state index >= 15 is 0 Å². The Bertz CT molecular complexity index is 358. The van der Waals surface area contributed by atoms with Crippen LogP contribution in [0.1, 0.15) is 30.8 Å². The predicted octanol–water partition coefficient (Wildman–Crippen LogP) is 0.456. The summed E-state index contributed by atoms with van der Waals surface area (Å²) in [6.45, 7) is 7.31. The first-order chi connectivity index (χ1) is 7.29. The van der Waals surface area contributed by atoms with Crippen molar-refractivity contribution in [1.82, 2.24) is 15.5 Å². The highest BCUT2D eigenvalue weighted by molar-refractivity contribution is 5.79. The molecule has 1 heterocycles. The van der Waals surface area contributed by atoms with Crippen molar-refractivity contribution in [3.8, 4) is 0 Å². The van der Waals surface area contributed by atoms with E-state index in [9.17, 15) is 9.90 Å². The number of carbonyl (C=O) groups is 1. The Balaban J connectivity index is 2.53. The molecule has 0 saturated heterocycles. The normalized spacial score (nSPS) is 11.6. The number of carbonyl (C=O) groups excluding carboxylic acids is 1. The average Bonchev–Trinajstić information content (AvgIpc) is 2.45. The fraction of sp³-hybridized carbons (Fsp3) is 0.636. The number of rotatable bonds is 4. The van der Waals surface area contributed by atoms with Crippen molar-refractivity contribution in [2.75, 3.05) is 6.54 Å². The van der Waals surface area contributed by atoms with Gasteiger partial charge in [0.15, 0.2) is 0 Å². The van der Waals surface area contributed by atoms with Gasteiger partial charge in [-0.2, -0.15) is 5.10 Å². The van der Waals surface area contributed by atoms with E-state index in [0.29, 0.717) is 6.42 Å². The number of aryl methyl sites for hydroxylation is 2. The highest BCUT2D eigenvalue weighted by Crippen LogP contribution is 2.09. The van der Waals surface area contributed by atoms with E-state index < -0.39 is 5.60 Å². The summed E-state index contributed by atoms with van der Waals surface area (Å²) in [6.07, 6.45) is 0.296. The third kappa shape index (κ3) is 3.66. The second-order valence-electron chi connectivity index (χ2n) is 4.68. The van der Waals surface area contributed by atoms with Gasteiger partial charge in [-0.1, -0.05) is 0 Å². The molecule has 0 unspecified atom stereocenters. The minimum Gasteiger partial charge on any atom is -0.389 e. The summed E-state index contributed by atoms with van der Waals surface area (Å²) in [5.74, 6) is -0.102. The van der Waals surface area contributed by atoms with Crippen LogP contribution in [-0.2, 0) is 11.2 Å². The van der Waals surface area contributed by atoms with Crippen LogP contribution in [0, 0.1) is 13.8 Å². The second kappa shape index (κ2) is 4.65. The molecule has 16 heavy (non-hydrogen) atoms. The van der Waals surface area contributed by atoms with E-state index in [-0.39, 0.29) is 12.5 Å². The fourth-order valence-electron chi connectivity index (χ4n) is 1.37. The van der Waals surface area contributed by atoms with Gasteiger partial charge in [0.25, 0.3) is 0 Å². The lowest BCUT2D eigenvalue weighted by Gasteiger charge is -2.17. The fourth-order valence-corrected chi connectivity index (χ4v) is 1.37. The van der Waals surface area contributed by atoms with Gasteiger partial charge in [-0.15, -0.1) is 0 Å². The van der Waals surface area contributed by atoms with Gasteiger partial charge in [0.2, 0.25) is 5.91 Å². The Morgan fingerprint density at radius 1 is 1.50 bits per heavy atom. The Morgan fingerprint density at radius 3 is 2.56 bits per heavy atom. The SMILES string of the molecule is Cc1n[nH]c(C)c1CC(=O)NCC(C)(C)O. The molecular weight excluding hydrogens is 206 g/mol. The minimum atomic E-state index is -0.879. The van der Waals surface area contributed by atoms with E-state index in [4.69, 9.17) is 0 Å². The van der Waals surface area contributed by atoms with E-state index in [1.807, 2.05) is 13.8 Å². The number of aromatic nitrogens is 2. The van der Waals surface area contributed by atoms with Crippen LogP contribution in [-0.4, -0.2) is 33.4 Å². The third-order valence-electron chi connectivity index (χ3n) is 2.34. The van der Waals surface area contributed by atoms with Gasteiger partial charge in [0, 0.05) is 17.8 Å². The zero-order chi connectivity index (χ0) is 12.3. The Labute approximate surface area is 95.3 Å². The van der Waals surface area contributed by atoms with Crippen molar-refractivity contribution < 1.29 is 9.90 Å². The van der Waals surface area contributed by atoms with Crippen LogP contribution in [0.5, 0.6) is 0 Å². The number of aliphatic hydroxyl groups is 1. The molecule has 0 saturated carbocycles. The molecule has 0 radical (unpaired) electrons. The van der Waals surface area contributed by atoms with Crippen molar-refractivity contribution >= 4 is 5.91 Å². The van der Waals surface area contributed by atoms with Gasteiger partial charge in [-0.3, -0.25) is 9.89 Å². The molecule has 1 aromatic rings. The molecule has 0 fully saturated rings. The first-order valence-corrected chi connectivity index (χ1v) is 5.29. The lowest BCUT2D eigenvalue weighted by Crippen LogP contribution is -2.38. The maximum Gasteiger partial charge on any atom is 0.224 e. The van der Waals surface area contributed by atoms with Crippen LogP contribution in [0.4, 0.5) is 0 Å². The van der Waals surface area contributed by atoms with Crippen LogP contribution < -0.4 is 5.32 Å². The van der Waals surface area contributed by atoms with E-state index in [1.54, 1.807) is 13.8 Å². The van der Waals surface area contributed by atoms with Crippen LogP contribution in [0.2, 0.25) is 0 Å². The second-order valence-corrected chi connectivity index (χ2v) is 4.68. The van der Waals surface area contributed by atoms with Gasteiger partial charge < -0.3 is 10.4 Å². The van der Waals surface area contributed by atoms with Crippen molar-refractivity contribution in [1.29, 1.82) is 0 Å². The van der Waals surface area contributed by atoms with E-state index in [2.05, 4.69) is 15.5 Å². The first kappa shape index (κ1) is 12.7. The maximum absolute atomic E-state index is 11.6. The largest absolute Gasteiger partial charge is 0.389 e. The Morgan fingerprint density at radius 2 is 2.12 bits per heavy atom. The molecule has 5 heteroatoms. The summed E-state index contributed by atoms with van der Waals surface area (Å²) in [6, 6.07) is 0. The summed E-state index contributed by atoms with van der Waals surface area (Å²) in [7, 11) is 0. The number of nitrogens with one attached hydrogen (secondary N) is 2. The molecule has 0 aromatic carbocycles. The molecule has 0 spiro atoms. The standard InChI is InChI=1S/C11H19N3O2/c1-7-9(8(2)14-13-7)5-10(15)12-6-11(3,4)16/h16H,5-6H2,1-4H3,(H,12,15)(H,13,14). The van der Waals surface area contributed by atoms with Gasteiger partial charge in [0.1, 0.15) is 0 Å². The first-order valence-electron chi connectivity index (χ1n) is 5.29. The molecule has 0 aliphatic heterocycles. The number of amides is 1. The molecule has 1 aromatic heterocycles. The van der Waals surface area contributed by atoms with E-state index in [1.165, 1.54) is 0 Å². The highest BCUT2D eigenvalue weighted by Gasteiger charge is 2.15. The lowest BCUT2D eigenvalue weighted by molar-refractivity contribution is -0.121. The molecule has 0 bridgehead atoms. The molecular formula is C11H19N3O2. The molecule has 0 aliphatic rings.